The molecule has 1 fully saturated rings. The van der Waals surface area contributed by atoms with Crippen LogP contribution in [0.2, 0.25) is 0 Å². The topological polar surface area (TPSA) is 87.0 Å². The Kier molecular flexibility index (Phi) is 3.92. The number of H-pyrrole nitrogens is 1. The number of amides is 2. The monoisotopic (exact) mass is 363 g/mol. The number of hydrogen-bond donors (Lipinski definition) is 2. The van der Waals surface area contributed by atoms with Gasteiger partial charge in [0.25, 0.3) is 0 Å². The van der Waals surface area contributed by atoms with Crippen molar-refractivity contribution in [2.24, 2.45) is 5.92 Å². The van der Waals surface area contributed by atoms with Crippen molar-refractivity contribution >= 4 is 28.5 Å². The summed E-state index contributed by atoms with van der Waals surface area (Å²) >= 11 is 0. The molecule has 7 nitrogen and oxygen atoms in total. The van der Waals surface area contributed by atoms with Crippen LogP contribution in [0.3, 0.4) is 0 Å². The summed E-state index contributed by atoms with van der Waals surface area (Å²) in [6.45, 7) is 1.23. The number of fused-ring (bicyclic) bond motifs is 1. The van der Waals surface area contributed by atoms with E-state index in [0.717, 1.165) is 35.6 Å². The summed E-state index contributed by atoms with van der Waals surface area (Å²) in [5, 5.41) is 7.92. The van der Waals surface area contributed by atoms with Crippen molar-refractivity contribution in [3.8, 4) is 0 Å². The molecule has 0 atom stereocenters. The van der Waals surface area contributed by atoms with Gasteiger partial charge in [0.2, 0.25) is 0 Å². The van der Waals surface area contributed by atoms with Gasteiger partial charge in [-0.05, 0) is 42.9 Å². The van der Waals surface area contributed by atoms with Gasteiger partial charge in [0.1, 0.15) is 11.4 Å². The van der Waals surface area contributed by atoms with Crippen molar-refractivity contribution in [3.63, 3.8) is 0 Å². The number of anilines is 1. The molecule has 2 aliphatic rings. The number of hydrogen-bond acceptors (Lipinski definition) is 4. The number of rotatable bonds is 4. The van der Waals surface area contributed by atoms with Crippen LogP contribution in [0.1, 0.15) is 30.6 Å². The minimum absolute atomic E-state index is 0.142. The first kappa shape index (κ1) is 16.1. The zero-order valence-corrected chi connectivity index (χ0v) is 14.9. The largest absolute Gasteiger partial charge is 0.359 e. The lowest BCUT2D eigenvalue weighted by atomic mass is 10.00. The standard InChI is InChI=1S/C20H21N5O2/c26-20(23-18-11-15(27-24-18)10-13-3-4-13)25-8-5-14(6-9-25)17-12-22-19-16(17)2-1-7-21-19/h1-2,5,7,11-13H,3-4,6,8-10H2,(H,21,22)(H,23,24,26). The number of nitrogens with zero attached hydrogens (tertiary/aromatic N) is 3. The molecule has 5 rings (SSSR count). The summed E-state index contributed by atoms with van der Waals surface area (Å²) in [6, 6.07) is 5.70. The highest BCUT2D eigenvalue weighted by molar-refractivity contribution is 5.92. The molecule has 0 saturated heterocycles. The quantitative estimate of drug-likeness (QED) is 0.738. The number of aromatic amines is 1. The molecule has 0 spiro atoms. The lowest BCUT2D eigenvalue weighted by molar-refractivity contribution is 0.216. The fourth-order valence-corrected chi connectivity index (χ4v) is 3.58. The van der Waals surface area contributed by atoms with E-state index in [4.69, 9.17) is 4.52 Å². The van der Waals surface area contributed by atoms with Crippen LogP contribution in [0.15, 0.2) is 41.2 Å². The van der Waals surface area contributed by atoms with E-state index in [1.807, 2.05) is 18.3 Å². The molecular weight excluding hydrogens is 342 g/mol. The van der Waals surface area contributed by atoms with Gasteiger partial charge in [-0.1, -0.05) is 11.2 Å². The number of aromatic nitrogens is 3. The Balaban J connectivity index is 1.24. The molecule has 27 heavy (non-hydrogen) atoms. The molecule has 2 N–H and O–H groups in total. The van der Waals surface area contributed by atoms with E-state index in [2.05, 4.69) is 32.6 Å². The number of urea groups is 1. The second kappa shape index (κ2) is 6.57. The first-order valence-corrected chi connectivity index (χ1v) is 9.39. The highest BCUT2D eigenvalue weighted by Gasteiger charge is 2.24. The van der Waals surface area contributed by atoms with Gasteiger partial charge in [0.15, 0.2) is 5.82 Å². The Bertz CT molecular complexity index is 1010. The average molecular weight is 363 g/mol. The van der Waals surface area contributed by atoms with Crippen LogP contribution < -0.4 is 5.32 Å². The molecule has 1 aliphatic carbocycles. The SMILES string of the molecule is O=C(Nc1cc(CC2CC2)on1)N1CC=C(c2c[nH]c3ncccc23)CC1. The Morgan fingerprint density at radius 1 is 1.41 bits per heavy atom. The van der Waals surface area contributed by atoms with Gasteiger partial charge in [-0.25, -0.2) is 9.78 Å². The fourth-order valence-electron chi connectivity index (χ4n) is 3.58. The molecule has 138 valence electrons. The maximum Gasteiger partial charge on any atom is 0.323 e. The minimum atomic E-state index is -0.142. The lowest BCUT2D eigenvalue weighted by Gasteiger charge is -2.26. The van der Waals surface area contributed by atoms with Crippen molar-refractivity contribution in [1.29, 1.82) is 0 Å². The average Bonchev–Trinajstić information content (AvgIpc) is 3.23. The number of pyridine rings is 1. The van der Waals surface area contributed by atoms with Crippen LogP contribution in [0, 0.1) is 5.92 Å². The van der Waals surface area contributed by atoms with Crippen LogP contribution in [-0.4, -0.2) is 39.1 Å². The third-order valence-electron chi connectivity index (χ3n) is 5.27. The van der Waals surface area contributed by atoms with Crippen molar-refractivity contribution in [2.75, 3.05) is 18.4 Å². The van der Waals surface area contributed by atoms with Crippen LogP contribution in [0.5, 0.6) is 0 Å². The van der Waals surface area contributed by atoms with Gasteiger partial charge in [-0.3, -0.25) is 5.32 Å². The van der Waals surface area contributed by atoms with Gasteiger partial charge in [0.05, 0.1) is 0 Å². The maximum absolute atomic E-state index is 12.5. The summed E-state index contributed by atoms with van der Waals surface area (Å²) in [7, 11) is 0. The van der Waals surface area contributed by atoms with Crippen LogP contribution >= 0.6 is 0 Å². The number of carbonyl (C=O) groups is 1. The van der Waals surface area contributed by atoms with Gasteiger partial charge < -0.3 is 14.4 Å². The first-order chi connectivity index (χ1) is 13.3. The molecule has 1 saturated carbocycles. The van der Waals surface area contributed by atoms with Crippen LogP contribution in [0.4, 0.5) is 10.6 Å². The Hall–Kier alpha value is -3.09. The normalized spacial score (nSPS) is 17.2. The third kappa shape index (κ3) is 3.32. The molecule has 1 aliphatic heterocycles. The van der Waals surface area contributed by atoms with Gasteiger partial charge in [0, 0.05) is 48.9 Å². The molecule has 0 radical (unpaired) electrons. The Morgan fingerprint density at radius 3 is 3.15 bits per heavy atom. The van der Waals surface area contributed by atoms with Crippen molar-refractivity contribution in [1.82, 2.24) is 20.0 Å². The summed E-state index contributed by atoms with van der Waals surface area (Å²) in [4.78, 5) is 21.8. The Labute approximate surface area is 156 Å². The van der Waals surface area contributed by atoms with E-state index >= 15 is 0 Å². The predicted molar refractivity (Wildman–Crippen MR) is 102 cm³/mol. The molecular formula is C20H21N5O2. The predicted octanol–water partition coefficient (Wildman–Crippen LogP) is 3.82. The summed E-state index contributed by atoms with van der Waals surface area (Å²) < 4.78 is 5.31. The van der Waals surface area contributed by atoms with Gasteiger partial charge >= 0.3 is 6.03 Å². The second-order valence-corrected chi connectivity index (χ2v) is 7.28. The van der Waals surface area contributed by atoms with E-state index in [-0.39, 0.29) is 6.03 Å². The third-order valence-corrected chi connectivity index (χ3v) is 5.27. The highest BCUT2D eigenvalue weighted by Crippen LogP contribution is 2.33. The molecule has 0 aromatic carbocycles. The molecule has 3 aromatic heterocycles. The van der Waals surface area contributed by atoms with Crippen molar-refractivity contribution in [3.05, 3.63) is 48.0 Å². The van der Waals surface area contributed by atoms with E-state index in [1.165, 1.54) is 24.0 Å². The van der Waals surface area contributed by atoms with Crippen LogP contribution in [-0.2, 0) is 6.42 Å². The zero-order valence-electron chi connectivity index (χ0n) is 14.9. The van der Waals surface area contributed by atoms with E-state index in [9.17, 15) is 4.79 Å². The fraction of sp³-hybridized carbons (Fsp3) is 0.350. The van der Waals surface area contributed by atoms with Crippen molar-refractivity contribution in [2.45, 2.75) is 25.7 Å². The molecule has 0 bridgehead atoms. The minimum Gasteiger partial charge on any atom is -0.359 e. The molecule has 0 unspecified atom stereocenters. The Morgan fingerprint density at radius 2 is 2.33 bits per heavy atom. The molecule has 3 aromatic rings. The highest BCUT2D eigenvalue weighted by atomic mass is 16.5. The summed E-state index contributed by atoms with van der Waals surface area (Å²) in [5.74, 6) is 2.07. The van der Waals surface area contributed by atoms with Crippen molar-refractivity contribution < 1.29 is 9.32 Å². The summed E-state index contributed by atoms with van der Waals surface area (Å²) in [6.07, 6.45) is 10.1. The smallest absolute Gasteiger partial charge is 0.323 e. The van der Waals surface area contributed by atoms with E-state index in [1.54, 1.807) is 11.1 Å². The number of carbonyl (C=O) groups excluding carboxylic acids is 1. The zero-order chi connectivity index (χ0) is 18.2. The summed E-state index contributed by atoms with van der Waals surface area (Å²) in [5.41, 5.74) is 3.30. The maximum atomic E-state index is 12.5. The van der Waals surface area contributed by atoms with Gasteiger partial charge in [-0.2, -0.15) is 0 Å². The molecule has 2 amide bonds. The first-order valence-electron chi connectivity index (χ1n) is 9.39. The lowest BCUT2D eigenvalue weighted by Crippen LogP contribution is -2.37. The molecule has 7 heteroatoms. The van der Waals surface area contributed by atoms with E-state index in [0.29, 0.717) is 18.9 Å². The second-order valence-electron chi connectivity index (χ2n) is 7.28. The molecule has 4 heterocycles. The van der Waals surface area contributed by atoms with Crippen LogP contribution in [0.25, 0.3) is 16.6 Å². The van der Waals surface area contributed by atoms with Gasteiger partial charge in [-0.15, -0.1) is 0 Å². The van der Waals surface area contributed by atoms with E-state index < -0.39 is 0 Å². The number of nitrogens with one attached hydrogen (secondary N) is 2.